The van der Waals surface area contributed by atoms with Crippen molar-refractivity contribution in [2.75, 3.05) is 32.9 Å². The van der Waals surface area contributed by atoms with Crippen LogP contribution in [0.3, 0.4) is 0 Å². The predicted molar refractivity (Wildman–Crippen MR) is 229 cm³/mol. The zero-order valence-electron chi connectivity index (χ0n) is 37.3. The van der Waals surface area contributed by atoms with Crippen LogP contribution in [0.15, 0.2) is 47.2 Å². The molecular formula is C48H72N6O4. The molecule has 0 unspecified atom stereocenters. The van der Waals surface area contributed by atoms with Crippen LogP contribution >= 0.6 is 0 Å². The number of benzene rings is 1. The number of ether oxygens (including phenoxy) is 2. The third-order valence-corrected chi connectivity index (χ3v) is 18.2. The topological polar surface area (TPSA) is 137 Å². The van der Waals surface area contributed by atoms with E-state index in [9.17, 15) is 9.90 Å². The third kappa shape index (κ3) is 5.94. The lowest BCUT2D eigenvalue weighted by molar-refractivity contribution is -0.255. The van der Waals surface area contributed by atoms with E-state index in [1.807, 2.05) is 0 Å². The number of aliphatic carboxylic acids is 1. The van der Waals surface area contributed by atoms with E-state index in [2.05, 4.69) is 117 Å². The van der Waals surface area contributed by atoms with Crippen molar-refractivity contribution in [3.8, 4) is 11.4 Å². The lowest BCUT2D eigenvalue weighted by atomic mass is 9.34. The molecule has 58 heavy (non-hydrogen) atoms. The lowest BCUT2D eigenvalue weighted by Gasteiger charge is -2.71. The van der Waals surface area contributed by atoms with Crippen molar-refractivity contribution in [3.05, 3.63) is 47.8 Å². The molecule has 2 aliphatic heterocycles. The number of aliphatic imine (C=N–C) groups is 1. The number of rotatable bonds is 9. The maximum absolute atomic E-state index is 13.7. The Morgan fingerprint density at radius 2 is 1.81 bits per heavy atom. The van der Waals surface area contributed by atoms with Crippen molar-refractivity contribution in [1.82, 2.24) is 20.1 Å². The average Bonchev–Trinajstić information content (AvgIpc) is 3.87. The number of amidine groups is 1. The quantitative estimate of drug-likeness (QED) is 0.215. The zero-order valence-corrected chi connectivity index (χ0v) is 37.3. The second-order valence-electron chi connectivity index (χ2n) is 22.3. The third-order valence-electron chi connectivity index (χ3n) is 18.2. The van der Waals surface area contributed by atoms with Gasteiger partial charge in [-0.1, -0.05) is 99.1 Å². The summed E-state index contributed by atoms with van der Waals surface area (Å²) in [7, 11) is 0. The van der Waals surface area contributed by atoms with Crippen LogP contribution in [0.1, 0.15) is 126 Å². The number of fused-ring (bicyclic) bond motifs is 3. The smallest absolute Gasteiger partial charge is 0.307 e. The molecule has 0 amide bonds. The fourth-order valence-electron chi connectivity index (χ4n) is 13.7. The molecule has 0 radical (unpaired) electrons. The van der Waals surface area contributed by atoms with E-state index in [1.165, 1.54) is 5.57 Å². The van der Waals surface area contributed by atoms with Crippen molar-refractivity contribution in [3.63, 3.8) is 0 Å². The molecule has 2 aromatic rings. The first-order chi connectivity index (χ1) is 27.1. The molecule has 8 rings (SSSR count). The van der Waals surface area contributed by atoms with Gasteiger partial charge in [0.15, 0.2) is 5.82 Å². The van der Waals surface area contributed by atoms with Crippen molar-refractivity contribution in [2.45, 2.75) is 132 Å². The molecule has 1 aromatic carbocycles. The second-order valence-corrected chi connectivity index (χ2v) is 22.3. The Morgan fingerprint density at radius 1 is 1.07 bits per heavy atom. The molecule has 4 aliphatic carbocycles. The van der Waals surface area contributed by atoms with Gasteiger partial charge in [-0.15, -0.1) is 0 Å². The number of carboxylic acid groups (broad SMARTS) is 1. The number of aromatic nitrogens is 3. The lowest BCUT2D eigenvalue weighted by Crippen LogP contribution is -2.70. The van der Waals surface area contributed by atoms with Crippen molar-refractivity contribution in [1.29, 1.82) is 0 Å². The van der Waals surface area contributed by atoms with E-state index in [0.29, 0.717) is 31.7 Å². The van der Waals surface area contributed by atoms with Crippen molar-refractivity contribution >= 4 is 11.8 Å². The SMILES string of the molecule is CC(C)[C@@H](C)[C@@]1(C)CC[C@]2(C)[C@H]3CC[C@@H]4[C@@]5(C)COC[C@@]4(C3=CC[C@@]2(C)[C@@H]1C(=O)O)[C@@H](OC[C@](C)(N)C(C)(C)C)[C@H](n1ncnc1-c1cccc(C2=NCCN2)c1)C5. The van der Waals surface area contributed by atoms with Crippen molar-refractivity contribution < 1.29 is 19.4 Å². The van der Waals surface area contributed by atoms with Gasteiger partial charge in [-0.3, -0.25) is 9.79 Å². The summed E-state index contributed by atoms with van der Waals surface area (Å²) in [6.07, 6.45) is 9.50. The van der Waals surface area contributed by atoms with Crippen LogP contribution in [0, 0.1) is 62.1 Å². The van der Waals surface area contributed by atoms with E-state index in [0.717, 1.165) is 74.4 Å². The maximum atomic E-state index is 13.7. The molecular weight excluding hydrogens is 725 g/mol. The monoisotopic (exact) mass is 797 g/mol. The highest BCUT2D eigenvalue weighted by Gasteiger charge is 2.73. The molecule has 3 heterocycles. The van der Waals surface area contributed by atoms with Gasteiger partial charge >= 0.3 is 5.97 Å². The fraction of sp³-hybridized carbons (Fsp3) is 0.750. The van der Waals surface area contributed by atoms with E-state index < -0.39 is 28.3 Å². The van der Waals surface area contributed by atoms with Gasteiger partial charge in [0, 0.05) is 28.6 Å². The molecule has 318 valence electrons. The fourth-order valence-corrected chi connectivity index (χ4v) is 13.7. The Bertz CT molecular complexity index is 1980. The number of hydrogen-bond donors (Lipinski definition) is 3. The Morgan fingerprint density at radius 3 is 2.48 bits per heavy atom. The van der Waals surface area contributed by atoms with Gasteiger partial charge in [-0.05, 0) is 102 Å². The van der Waals surface area contributed by atoms with Crippen LogP contribution < -0.4 is 11.1 Å². The Kier molecular flexibility index (Phi) is 10.0. The normalized spacial score (nSPS) is 40.0. The van der Waals surface area contributed by atoms with Crippen LogP contribution in [0.4, 0.5) is 0 Å². The number of carboxylic acids is 1. The van der Waals surface area contributed by atoms with Gasteiger partial charge in [0.2, 0.25) is 0 Å². The average molecular weight is 797 g/mol. The van der Waals surface area contributed by atoms with Crippen LogP contribution in [-0.2, 0) is 14.3 Å². The van der Waals surface area contributed by atoms with Crippen LogP contribution in [0.2, 0.25) is 0 Å². The molecule has 10 heteroatoms. The second kappa shape index (κ2) is 14.0. The van der Waals surface area contributed by atoms with Gasteiger partial charge in [0.1, 0.15) is 12.2 Å². The molecule has 3 saturated carbocycles. The minimum Gasteiger partial charge on any atom is -0.481 e. The summed E-state index contributed by atoms with van der Waals surface area (Å²) in [5.74, 6) is 1.87. The zero-order chi connectivity index (χ0) is 41.8. The summed E-state index contributed by atoms with van der Waals surface area (Å²) in [6.45, 7) is 28.3. The number of nitrogens with two attached hydrogens (primary N) is 1. The first-order valence-corrected chi connectivity index (χ1v) is 22.3. The highest BCUT2D eigenvalue weighted by molar-refractivity contribution is 6.00. The molecule has 10 nitrogen and oxygen atoms in total. The molecule has 4 fully saturated rings. The van der Waals surface area contributed by atoms with E-state index >= 15 is 0 Å². The molecule has 1 aromatic heterocycles. The Hall–Kier alpha value is -3.08. The van der Waals surface area contributed by atoms with Gasteiger partial charge in [-0.2, -0.15) is 5.10 Å². The molecule has 0 spiro atoms. The number of hydrogen-bond acceptors (Lipinski definition) is 8. The molecule has 6 aliphatic rings. The van der Waals surface area contributed by atoms with Gasteiger partial charge < -0.3 is 25.6 Å². The molecule has 12 atom stereocenters. The van der Waals surface area contributed by atoms with Gasteiger partial charge in [0.25, 0.3) is 0 Å². The van der Waals surface area contributed by atoms with E-state index in [-0.39, 0.29) is 45.6 Å². The summed E-state index contributed by atoms with van der Waals surface area (Å²) in [4.78, 5) is 23.4. The molecule has 2 bridgehead atoms. The summed E-state index contributed by atoms with van der Waals surface area (Å²) in [5.41, 5.74) is 8.34. The number of nitrogens with zero attached hydrogens (tertiary/aromatic N) is 4. The predicted octanol–water partition coefficient (Wildman–Crippen LogP) is 8.57. The van der Waals surface area contributed by atoms with Crippen LogP contribution in [-0.4, -0.2) is 76.2 Å². The standard InChI is InChI=1S/C48H72N6O4/c1-29(2)30(3)44(8)19-20-45(9)33-15-16-36-43(7)24-35(54-40(52-28-53-54)32-14-12-13-31(23-32)39-50-21-22-51-39)38(58-26-47(11,49)42(4,5)6)48(36,27-57-25-43)34(33)17-18-46(45,10)37(44)41(55)56/h12-14,17,23,28-30,33,35-38H,15-16,18-22,24-27,49H2,1-11H3,(H,50,51)(H,55,56)/t30-,33+,35-,36-,37-,38+,43-,44-,45-,46+,47+,48+/m1/s1. The maximum Gasteiger partial charge on any atom is 0.307 e. The molecule has 4 N–H and O–H groups in total. The summed E-state index contributed by atoms with van der Waals surface area (Å²) in [5, 5.41) is 19.8. The van der Waals surface area contributed by atoms with E-state index in [1.54, 1.807) is 6.33 Å². The first-order valence-electron chi connectivity index (χ1n) is 22.3. The highest BCUT2D eigenvalue weighted by atomic mass is 16.5. The summed E-state index contributed by atoms with van der Waals surface area (Å²) >= 11 is 0. The minimum atomic E-state index is -0.636. The van der Waals surface area contributed by atoms with Crippen molar-refractivity contribution in [2.24, 2.45) is 72.8 Å². The molecule has 1 saturated heterocycles. The Labute approximate surface area is 347 Å². The number of nitrogens with one attached hydrogen (secondary N) is 1. The number of carbonyl (C=O) groups is 1. The van der Waals surface area contributed by atoms with E-state index in [4.69, 9.17) is 30.3 Å². The highest BCUT2D eigenvalue weighted by Crippen LogP contribution is 2.75. The van der Waals surface area contributed by atoms with Gasteiger partial charge in [0.05, 0.1) is 44.4 Å². The summed E-state index contributed by atoms with van der Waals surface area (Å²) in [6, 6.07) is 8.35. The summed E-state index contributed by atoms with van der Waals surface area (Å²) < 4.78 is 16.6. The largest absolute Gasteiger partial charge is 0.481 e. The van der Waals surface area contributed by atoms with Gasteiger partial charge in [-0.25, -0.2) is 9.67 Å². The first kappa shape index (κ1) is 41.6. The van der Waals surface area contributed by atoms with Crippen LogP contribution in [0.25, 0.3) is 11.4 Å². The van der Waals surface area contributed by atoms with Crippen LogP contribution in [0.5, 0.6) is 0 Å². The number of allylic oxidation sites excluding steroid dienone is 1. The Balaban J connectivity index is 1.28. The minimum absolute atomic E-state index is 0.138.